The largest absolute Gasteiger partial charge is 0.467 e. The highest BCUT2D eigenvalue weighted by molar-refractivity contribution is 5.79. The van der Waals surface area contributed by atoms with Crippen LogP contribution in [0, 0.1) is 31.1 Å². The second-order valence-corrected chi connectivity index (χ2v) is 4.81. The van der Waals surface area contributed by atoms with Crippen LogP contribution in [0.2, 0.25) is 0 Å². The first-order valence-corrected chi connectivity index (χ1v) is 6.13. The summed E-state index contributed by atoms with van der Waals surface area (Å²) in [6.45, 7) is 7.51. The average molecular weight is 261 g/mol. The summed E-state index contributed by atoms with van der Waals surface area (Å²) in [4.78, 5) is 16.0. The predicted molar refractivity (Wildman–Crippen MR) is 72.7 cm³/mol. The molecule has 0 spiro atoms. The van der Waals surface area contributed by atoms with E-state index in [0.717, 1.165) is 11.3 Å². The molecule has 1 N–H and O–H groups in total. The molecule has 19 heavy (non-hydrogen) atoms. The van der Waals surface area contributed by atoms with Gasteiger partial charge in [0.15, 0.2) is 0 Å². The lowest BCUT2D eigenvalue weighted by Gasteiger charge is -2.21. The fourth-order valence-electron chi connectivity index (χ4n) is 1.85. The summed E-state index contributed by atoms with van der Waals surface area (Å²) in [6, 6.07) is 3.43. The number of carbonyl (C=O) groups excluding carboxylic acids is 1. The maximum atomic E-state index is 11.7. The molecule has 0 bridgehead atoms. The number of nitriles is 1. The molecule has 0 aromatic carbocycles. The molecule has 1 unspecified atom stereocenters. The first-order chi connectivity index (χ1) is 8.90. The average Bonchev–Trinajstić information content (AvgIpc) is 2.34. The van der Waals surface area contributed by atoms with E-state index in [2.05, 4.69) is 16.4 Å². The number of carbonyl (C=O) groups is 1. The number of anilines is 1. The molecule has 102 valence electrons. The highest BCUT2D eigenvalue weighted by Crippen LogP contribution is 2.20. The summed E-state index contributed by atoms with van der Waals surface area (Å²) in [6.07, 6.45) is 0. The van der Waals surface area contributed by atoms with Gasteiger partial charge in [0.05, 0.1) is 12.7 Å². The molecule has 1 aromatic heterocycles. The van der Waals surface area contributed by atoms with Crippen LogP contribution in [0.5, 0.6) is 0 Å². The molecule has 5 nitrogen and oxygen atoms in total. The van der Waals surface area contributed by atoms with Gasteiger partial charge in [-0.05, 0) is 31.4 Å². The Bertz CT molecular complexity index is 518. The molecule has 0 saturated carbocycles. The molecule has 1 heterocycles. The van der Waals surface area contributed by atoms with E-state index in [1.807, 2.05) is 33.8 Å². The van der Waals surface area contributed by atoms with Crippen molar-refractivity contribution in [3.63, 3.8) is 0 Å². The first kappa shape index (κ1) is 15.0. The normalized spacial score (nSPS) is 11.8. The van der Waals surface area contributed by atoms with Crippen LogP contribution in [0.3, 0.4) is 0 Å². The predicted octanol–water partition coefficient (Wildman–Crippen LogP) is 2.18. The monoisotopic (exact) mass is 261 g/mol. The van der Waals surface area contributed by atoms with Gasteiger partial charge in [0.1, 0.15) is 17.9 Å². The number of ether oxygens (including phenoxy) is 1. The first-order valence-electron chi connectivity index (χ1n) is 6.13. The lowest BCUT2D eigenvalue weighted by Crippen LogP contribution is -2.36. The van der Waals surface area contributed by atoms with Crippen LogP contribution in [0.15, 0.2) is 6.07 Å². The molecule has 0 saturated heterocycles. The van der Waals surface area contributed by atoms with Gasteiger partial charge in [-0.25, -0.2) is 9.78 Å². The minimum atomic E-state index is -0.522. The van der Waals surface area contributed by atoms with E-state index in [1.165, 1.54) is 7.11 Å². The van der Waals surface area contributed by atoms with Crippen molar-refractivity contribution in [1.29, 1.82) is 5.26 Å². The molecular formula is C14H19N3O2. The summed E-state index contributed by atoms with van der Waals surface area (Å²) in [5, 5.41) is 12.2. The van der Waals surface area contributed by atoms with Gasteiger partial charge in [0.25, 0.3) is 0 Å². The summed E-state index contributed by atoms with van der Waals surface area (Å²) >= 11 is 0. The number of hydrogen-bond donors (Lipinski definition) is 1. The smallest absolute Gasteiger partial charge is 0.328 e. The second-order valence-electron chi connectivity index (χ2n) is 4.81. The molecule has 0 aliphatic heterocycles. The van der Waals surface area contributed by atoms with Gasteiger partial charge in [-0.15, -0.1) is 0 Å². The molecule has 1 aromatic rings. The summed E-state index contributed by atoms with van der Waals surface area (Å²) in [7, 11) is 1.35. The topological polar surface area (TPSA) is 75.0 Å². The SMILES string of the molecule is COC(=O)C(Nc1nc(C)cc(C)c1C#N)C(C)C. The molecule has 0 fully saturated rings. The van der Waals surface area contributed by atoms with Gasteiger partial charge in [0, 0.05) is 5.69 Å². The van der Waals surface area contributed by atoms with Gasteiger partial charge in [-0.2, -0.15) is 5.26 Å². The third-order valence-corrected chi connectivity index (χ3v) is 2.87. The Morgan fingerprint density at radius 1 is 1.47 bits per heavy atom. The number of hydrogen-bond acceptors (Lipinski definition) is 5. The fourth-order valence-corrected chi connectivity index (χ4v) is 1.85. The highest BCUT2D eigenvalue weighted by Gasteiger charge is 2.24. The minimum Gasteiger partial charge on any atom is -0.467 e. The second kappa shape index (κ2) is 6.19. The molecule has 1 rings (SSSR count). The van der Waals surface area contributed by atoms with E-state index in [4.69, 9.17) is 4.74 Å². The third-order valence-electron chi connectivity index (χ3n) is 2.87. The van der Waals surface area contributed by atoms with Crippen molar-refractivity contribution in [2.75, 3.05) is 12.4 Å². The van der Waals surface area contributed by atoms with Crippen molar-refractivity contribution in [2.24, 2.45) is 5.92 Å². The quantitative estimate of drug-likeness (QED) is 0.841. The van der Waals surface area contributed by atoms with E-state index in [0.29, 0.717) is 11.4 Å². The van der Waals surface area contributed by atoms with Crippen molar-refractivity contribution in [3.05, 3.63) is 22.9 Å². The van der Waals surface area contributed by atoms with Gasteiger partial charge in [0.2, 0.25) is 0 Å². The Labute approximate surface area is 113 Å². The van der Waals surface area contributed by atoms with E-state index in [-0.39, 0.29) is 11.9 Å². The van der Waals surface area contributed by atoms with Crippen molar-refractivity contribution in [3.8, 4) is 6.07 Å². The molecule has 0 amide bonds. The molecular weight excluding hydrogens is 242 g/mol. The Balaban J connectivity index is 3.16. The van der Waals surface area contributed by atoms with Gasteiger partial charge >= 0.3 is 5.97 Å². The lowest BCUT2D eigenvalue weighted by atomic mass is 10.0. The van der Waals surface area contributed by atoms with Crippen LogP contribution in [0.4, 0.5) is 5.82 Å². The molecule has 0 radical (unpaired) electrons. The van der Waals surface area contributed by atoms with Gasteiger partial charge in [-0.1, -0.05) is 13.8 Å². The van der Waals surface area contributed by atoms with Gasteiger partial charge in [-0.3, -0.25) is 0 Å². The van der Waals surface area contributed by atoms with Crippen LogP contribution in [-0.2, 0) is 9.53 Å². The third kappa shape index (κ3) is 3.44. The number of pyridine rings is 1. The Hall–Kier alpha value is -2.09. The Kier molecular flexibility index (Phi) is 4.87. The number of rotatable bonds is 4. The molecule has 0 aliphatic carbocycles. The van der Waals surface area contributed by atoms with Crippen LogP contribution in [-0.4, -0.2) is 24.1 Å². The van der Waals surface area contributed by atoms with Crippen LogP contribution < -0.4 is 5.32 Å². The fraction of sp³-hybridized carbons (Fsp3) is 0.500. The zero-order valence-electron chi connectivity index (χ0n) is 11.9. The maximum absolute atomic E-state index is 11.7. The van der Waals surface area contributed by atoms with Crippen molar-refractivity contribution < 1.29 is 9.53 Å². The van der Waals surface area contributed by atoms with Crippen molar-refractivity contribution in [2.45, 2.75) is 33.7 Å². The number of esters is 1. The zero-order valence-corrected chi connectivity index (χ0v) is 11.9. The highest BCUT2D eigenvalue weighted by atomic mass is 16.5. The molecule has 5 heteroatoms. The minimum absolute atomic E-state index is 0.0293. The van der Waals surface area contributed by atoms with Crippen LogP contribution in [0.1, 0.15) is 30.7 Å². The Morgan fingerprint density at radius 2 is 2.11 bits per heavy atom. The van der Waals surface area contributed by atoms with E-state index in [9.17, 15) is 10.1 Å². The van der Waals surface area contributed by atoms with E-state index in [1.54, 1.807) is 0 Å². The molecule has 1 atom stereocenters. The number of nitrogens with one attached hydrogen (secondary N) is 1. The number of nitrogens with zero attached hydrogens (tertiary/aromatic N) is 2. The number of aryl methyl sites for hydroxylation is 2. The standard InChI is InChI=1S/C14H19N3O2/c1-8(2)12(14(18)19-5)17-13-11(7-15)9(3)6-10(4)16-13/h6,8,12H,1-5H3,(H,16,17). The maximum Gasteiger partial charge on any atom is 0.328 e. The summed E-state index contributed by atoms with van der Waals surface area (Å²) < 4.78 is 4.77. The summed E-state index contributed by atoms with van der Waals surface area (Å²) in [5.41, 5.74) is 2.09. The number of methoxy groups -OCH3 is 1. The van der Waals surface area contributed by atoms with Crippen LogP contribution in [0.25, 0.3) is 0 Å². The van der Waals surface area contributed by atoms with E-state index >= 15 is 0 Å². The summed E-state index contributed by atoms with van der Waals surface area (Å²) in [5.74, 6) is 0.102. The van der Waals surface area contributed by atoms with Crippen LogP contribution >= 0.6 is 0 Å². The van der Waals surface area contributed by atoms with Crippen molar-refractivity contribution in [1.82, 2.24) is 4.98 Å². The zero-order chi connectivity index (χ0) is 14.6. The lowest BCUT2D eigenvalue weighted by molar-refractivity contribution is -0.142. The molecule has 0 aliphatic rings. The van der Waals surface area contributed by atoms with E-state index < -0.39 is 6.04 Å². The van der Waals surface area contributed by atoms with Crippen molar-refractivity contribution >= 4 is 11.8 Å². The van der Waals surface area contributed by atoms with Gasteiger partial charge < -0.3 is 10.1 Å². The number of aromatic nitrogens is 1. The Morgan fingerprint density at radius 3 is 2.58 bits per heavy atom.